The molecule has 0 saturated carbocycles. The Bertz CT molecular complexity index is 541. The second-order valence-corrected chi connectivity index (χ2v) is 5.93. The highest BCUT2D eigenvalue weighted by molar-refractivity contribution is 9.10. The van der Waals surface area contributed by atoms with E-state index >= 15 is 0 Å². The van der Waals surface area contributed by atoms with E-state index in [1.54, 1.807) is 6.07 Å². The Kier molecular flexibility index (Phi) is 4.39. The van der Waals surface area contributed by atoms with Crippen LogP contribution in [0.1, 0.15) is 18.4 Å². The molecule has 6 nitrogen and oxygen atoms in total. The predicted octanol–water partition coefficient (Wildman–Crippen LogP) is 2.35. The minimum absolute atomic E-state index is 0.00762. The highest BCUT2D eigenvalue weighted by Gasteiger charge is 2.40. The molecule has 0 radical (unpaired) electrons. The number of nitrogens with zero attached hydrogens (tertiary/aromatic N) is 1. The standard InChI is InChI=1S/C13H15BrN2O4/c14-11-6-10(16(19)20)3-2-9(11)7-13(12(17)18)4-1-5-15-8-13/h2-3,6,15H,1,4-5,7-8H2,(H,17,18). The number of rotatable bonds is 4. The van der Waals surface area contributed by atoms with Gasteiger partial charge in [-0.25, -0.2) is 0 Å². The number of piperidine rings is 1. The zero-order chi connectivity index (χ0) is 14.8. The van der Waals surface area contributed by atoms with Crippen LogP contribution in [0.3, 0.4) is 0 Å². The first-order valence-corrected chi connectivity index (χ1v) is 7.11. The molecule has 1 unspecified atom stereocenters. The van der Waals surface area contributed by atoms with Crippen molar-refractivity contribution in [2.24, 2.45) is 5.41 Å². The van der Waals surface area contributed by atoms with Crippen LogP contribution in [0, 0.1) is 15.5 Å². The highest BCUT2D eigenvalue weighted by atomic mass is 79.9. The lowest BCUT2D eigenvalue weighted by Gasteiger charge is -2.34. The lowest BCUT2D eigenvalue weighted by Crippen LogP contribution is -2.47. The van der Waals surface area contributed by atoms with Gasteiger partial charge >= 0.3 is 5.97 Å². The molecule has 2 rings (SSSR count). The number of nitro benzene ring substituents is 1. The minimum Gasteiger partial charge on any atom is -0.481 e. The molecule has 1 atom stereocenters. The maximum atomic E-state index is 11.6. The molecule has 0 bridgehead atoms. The molecule has 1 heterocycles. The number of non-ortho nitro benzene ring substituents is 1. The average molecular weight is 343 g/mol. The molecule has 1 aliphatic heterocycles. The Morgan fingerprint density at radius 2 is 2.30 bits per heavy atom. The number of hydrogen-bond acceptors (Lipinski definition) is 4. The number of nitro groups is 1. The van der Waals surface area contributed by atoms with Crippen molar-refractivity contribution in [2.45, 2.75) is 19.3 Å². The van der Waals surface area contributed by atoms with Crippen LogP contribution < -0.4 is 5.32 Å². The number of aliphatic carboxylic acids is 1. The molecule has 7 heteroatoms. The largest absolute Gasteiger partial charge is 0.481 e. The fourth-order valence-corrected chi connectivity index (χ4v) is 3.04. The molecule has 108 valence electrons. The Morgan fingerprint density at radius 1 is 1.55 bits per heavy atom. The lowest BCUT2D eigenvalue weighted by molar-refractivity contribution is -0.384. The van der Waals surface area contributed by atoms with Gasteiger partial charge in [0.05, 0.1) is 10.3 Å². The lowest BCUT2D eigenvalue weighted by atomic mass is 9.76. The molecule has 1 saturated heterocycles. The van der Waals surface area contributed by atoms with Crippen molar-refractivity contribution >= 4 is 27.6 Å². The van der Waals surface area contributed by atoms with E-state index < -0.39 is 16.3 Å². The van der Waals surface area contributed by atoms with Crippen molar-refractivity contribution in [1.82, 2.24) is 5.32 Å². The van der Waals surface area contributed by atoms with Gasteiger partial charge in [0.2, 0.25) is 0 Å². The Balaban J connectivity index is 2.27. The van der Waals surface area contributed by atoms with Gasteiger partial charge in [0.15, 0.2) is 0 Å². The molecule has 1 aromatic rings. The van der Waals surface area contributed by atoms with Gasteiger partial charge in [-0.2, -0.15) is 0 Å². The van der Waals surface area contributed by atoms with Crippen molar-refractivity contribution < 1.29 is 14.8 Å². The normalized spacial score (nSPS) is 22.4. The summed E-state index contributed by atoms with van der Waals surface area (Å²) in [5.74, 6) is -0.824. The smallest absolute Gasteiger partial charge is 0.311 e. The van der Waals surface area contributed by atoms with Crippen LogP contribution in [0.4, 0.5) is 5.69 Å². The summed E-state index contributed by atoms with van der Waals surface area (Å²) in [4.78, 5) is 21.8. The average Bonchev–Trinajstić information content (AvgIpc) is 2.41. The van der Waals surface area contributed by atoms with Crippen LogP contribution in [0.15, 0.2) is 22.7 Å². The molecule has 1 fully saturated rings. The molecule has 0 spiro atoms. The minimum atomic E-state index is -0.836. The SMILES string of the molecule is O=C(O)C1(Cc2ccc([N+](=O)[O-])cc2Br)CCCNC1. The third kappa shape index (κ3) is 2.99. The van der Waals surface area contributed by atoms with Crippen LogP contribution in [-0.4, -0.2) is 29.1 Å². The first kappa shape index (κ1) is 14.9. The van der Waals surface area contributed by atoms with Gasteiger partial charge in [0, 0.05) is 23.2 Å². The first-order valence-electron chi connectivity index (χ1n) is 6.31. The van der Waals surface area contributed by atoms with Crippen molar-refractivity contribution in [1.29, 1.82) is 0 Å². The molecule has 0 aromatic heterocycles. The number of halogens is 1. The Morgan fingerprint density at radius 3 is 2.80 bits per heavy atom. The summed E-state index contributed by atoms with van der Waals surface area (Å²) in [5, 5.41) is 23.3. The number of benzene rings is 1. The number of hydrogen-bond donors (Lipinski definition) is 2. The number of nitrogens with one attached hydrogen (secondary N) is 1. The van der Waals surface area contributed by atoms with Gasteiger partial charge in [-0.3, -0.25) is 14.9 Å². The second kappa shape index (κ2) is 5.88. The third-order valence-corrected chi connectivity index (χ3v) is 4.44. The predicted molar refractivity (Wildman–Crippen MR) is 76.7 cm³/mol. The van der Waals surface area contributed by atoms with Gasteiger partial charge in [0.1, 0.15) is 0 Å². The van der Waals surface area contributed by atoms with Gasteiger partial charge in [-0.05, 0) is 31.4 Å². The van der Waals surface area contributed by atoms with E-state index in [2.05, 4.69) is 21.2 Å². The van der Waals surface area contributed by atoms with E-state index in [9.17, 15) is 20.0 Å². The summed E-state index contributed by atoms with van der Waals surface area (Å²) in [6, 6.07) is 4.45. The summed E-state index contributed by atoms with van der Waals surface area (Å²) < 4.78 is 0.581. The van der Waals surface area contributed by atoms with Crippen LogP contribution in [0.2, 0.25) is 0 Å². The van der Waals surface area contributed by atoms with E-state index in [4.69, 9.17) is 0 Å². The highest BCUT2D eigenvalue weighted by Crippen LogP contribution is 2.34. The molecule has 20 heavy (non-hydrogen) atoms. The van der Waals surface area contributed by atoms with E-state index in [-0.39, 0.29) is 5.69 Å². The fraction of sp³-hybridized carbons (Fsp3) is 0.462. The number of carbonyl (C=O) groups is 1. The van der Waals surface area contributed by atoms with Gasteiger partial charge in [-0.15, -0.1) is 0 Å². The molecular formula is C13H15BrN2O4. The van der Waals surface area contributed by atoms with Crippen LogP contribution in [0.5, 0.6) is 0 Å². The van der Waals surface area contributed by atoms with Crippen molar-refractivity contribution in [2.75, 3.05) is 13.1 Å². The summed E-state index contributed by atoms with van der Waals surface area (Å²) in [6.07, 6.45) is 1.78. The van der Waals surface area contributed by atoms with Gasteiger partial charge in [-0.1, -0.05) is 22.0 Å². The number of carboxylic acids is 1. The van der Waals surface area contributed by atoms with Crippen molar-refractivity contribution in [3.05, 3.63) is 38.3 Å². The Hall–Kier alpha value is -1.47. The Labute approximate surface area is 124 Å². The quantitative estimate of drug-likeness (QED) is 0.647. The second-order valence-electron chi connectivity index (χ2n) is 5.08. The van der Waals surface area contributed by atoms with Gasteiger partial charge in [0.25, 0.3) is 5.69 Å². The molecule has 0 amide bonds. The molecule has 1 aliphatic rings. The monoisotopic (exact) mass is 342 g/mol. The molecular weight excluding hydrogens is 328 g/mol. The van der Waals surface area contributed by atoms with Gasteiger partial charge < -0.3 is 10.4 Å². The summed E-state index contributed by atoms with van der Waals surface area (Å²) in [5.41, 5.74) is -0.0647. The third-order valence-electron chi connectivity index (χ3n) is 3.70. The van der Waals surface area contributed by atoms with Crippen LogP contribution in [0.25, 0.3) is 0 Å². The van der Waals surface area contributed by atoms with E-state index in [0.29, 0.717) is 23.9 Å². The molecule has 1 aromatic carbocycles. The van der Waals surface area contributed by atoms with Crippen molar-refractivity contribution in [3.8, 4) is 0 Å². The van der Waals surface area contributed by atoms with E-state index in [0.717, 1.165) is 18.5 Å². The maximum Gasteiger partial charge on any atom is 0.311 e. The summed E-state index contributed by atoms with van der Waals surface area (Å²) in [7, 11) is 0. The first-order chi connectivity index (χ1) is 9.44. The fourth-order valence-electron chi connectivity index (χ4n) is 2.53. The maximum absolute atomic E-state index is 11.6. The summed E-state index contributed by atoms with van der Waals surface area (Å²) in [6.45, 7) is 1.25. The summed E-state index contributed by atoms with van der Waals surface area (Å²) >= 11 is 3.30. The van der Waals surface area contributed by atoms with E-state index in [1.807, 2.05) is 0 Å². The van der Waals surface area contributed by atoms with Crippen molar-refractivity contribution in [3.63, 3.8) is 0 Å². The molecule has 2 N–H and O–H groups in total. The van der Waals surface area contributed by atoms with Crippen LogP contribution >= 0.6 is 15.9 Å². The van der Waals surface area contributed by atoms with Crippen LogP contribution in [-0.2, 0) is 11.2 Å². The molecule has 0 aliphatic carbocycles. The zero-order valence-corrected chi connectivity index (χ0v) is 12.4. The topological polar surface area (TPSA) is 92.5 Å². The van der Waals surface area contributed by atoms with E-state index in [1.165, 1.54) is 12.1 Å². The zero-order valence-electron chi connectivity index (χ0n) is 10.8. The number of carboxylic acid groups (broad SMARTS) is 1.